The summed E-state index contributed by atoms with van der Waals surface area (Å²) in [5.74, 6) is 0.205. The summed E-state index contributed by atoms with van der Waals surface area (Å²) in [4.78, 5) is 12.1. The first-order valence-corrected chi connectivity index (χ1v) is 6.87. The van der Waals surface area contributed by atoms with Crippen LogP contribution in [0.1, 0.15) is 41.6 Å². The number of aryl methyl sites for hydroxylation is 1. The molecule has 0 aromatic heterocycles. The molecule has 3 heteroatoms. The fourth-order valence-electron chi connectivity index (χ4n) is 2.16. The number of halogens is 1. The summed E-state index contributed by atoms with van der Waals surface area (Å²) in [6.45, 7) is 2.86. The quantitative estimate of drug-likeness (QED) is 0.788. The van der Waals surface area contributed by atoms with Crippen LogP contribution in [0, 0.1) is 6.92 Å². The fraction of sp³-hybridized carbons (Fsp3) is 0.500. The molecule has 2 rings (SSSR count). The van der Waals surface area contributed by atoms with E-state index < -0.39 is 0 Å². The van der Waals surface area contributed by atoms with Crippen LogP contribution in [-0.4, -0.2) is 18.5 Å². The van der Waals surface area contributed by atoms with Gasteiger partial charge in [-0.2, -0.15) is 0 Å². The molecule has 2 nitrogen and oxygen atoms in total. The Morgan fingerprint density at radius 3 is 3.06 bits per heavy atom. The van der Waals surface area contributed by atoms with Crippen LogP contribution < -0.4 is 0 Å². The van der Waals surface area contributed by atoms with Gasteiger partial charge in [-0.15, -0.1) is 0 Å². The van der Waals surface area contributed by atoms with Crippen molar-refractivity contribution in [1.29, 1.82) is 0 Å². The van der Waals surface area contributed by atoms with Gasteiger partial charge in [-0.25, -0.2) is 0 Å². The second-order valence-corrected chi connectivity index (χ2v) is 5.33. The maximum atomic E-state index is 12.1. The van der Waals surface area contributed by atoms with E-state index in [0.717, 1.165) is 41.5 Å². The maximum Gasteiger partial charge on any atom is 0.164 e. The Hall–Kier alpha value is -0.670. The first-order valence-electron chi connectivity index (χ1n) is 6.08. The Balaban J connectivity index is 1.97. The van der Waals surface area contributed by atoms with Crippen molar-refractivity contribution in [3.63, 3.8) is 0 Å². The lowest BCUT2D eigenvalue weighted by atomic mass is 10.0. The molecule has 1 heterocycles. The SMILES string of the molecule is Cc1cccc(C(=O)CCC2CCCO2)c1Br. The zero-order valence-electron chi connectivity index (χ0n) is 10.0. The van der Waals surface area contributed by atoms with Crippen LogP contribution in [0.3, 0.4) is 0 Å². The Kier molecular flexibility index (Phi) is 4.35. The monoisotopic (exact) mass is 296 g/mol. The number of Topliss-reactive ketones (excluding diaryl/α,β-unsaturated/α-hetero) is 1. The van der Waals surface area contributed by atoms with E-state index in [1.807, 2.05) is 25.1 Å². The van der Waals surface area contributed by atoms with Crippen LogP contribution in [-0.2, 0) is 4.74 Å². The van der Waals surface area contributed by atoms with E-state index in [-0.39, 0.29) is 5.78 Å². The molecule has 1 aromatic carbocycles. The van der Waals surface area contributed by atoms with Crippen LogP contribution in [0.4, 0.5) is 0 Å². The molecule has 1 saturated heterocycles. The van der Waals surface area contributed by atoms with Crippen LogP contribution >= 0.6 is 15.9 Å². The smallest absolute Gasteiger partial charge is 0.164 e. The van der Waals surface area contributed by atoms with E-state index in [9.17, 15) is 4.79 Å². The number of benzene rings is 1. The van der Waals surface area contributed by atoms with Crippen molar-refractivity contribution in [2.45, 2.75) is 38.7 Å². The fourth-order valence-corrected chi connectivity index (χ4v) is 2.65. The normalized spacial score (nSPS) is 19.5. The van der Waals surface area contributed by atoms with E-state index in [4.69, 9.17) is 4.74 Å². The van der Waals surface area contributed by atoms with Crippen LogP contribution in [0.15, 0.2) is 22.7 Å². The van der Waals surface area contributed by atoms with Crippen LogP contribution in [0.25, 0.3) is 0 Å². The maximum absolute atomic E-state index is 12.1. The molecule has 0 spiro atoms. The summed E-state index contributed by atoms with van der Waals surface area (Å²) < 4.78 is 6.46. The number of rotatable bonds is 4. The Labute approximate surface area is 110 Å². The highest BCUT2D eigenvalue weighted by molar-refractivity contribution is 9.10. The van der Waals surface area contributed by atoms with Crippen molar-refractivity contribution >= 4 is 21.7 Å². The van der Waals surface area contributed by atoms with Gasteiger partial charge in [0.1, 0.15) is 0 Å². The number of hydrogen-bond acceptors (Lipinski definition) is 2. The highest BCUT2D eigenvalue weighted by Crippen LogP contribution is 2.24. The molecule has 1 atom stereocenters. The Morgan fingerprint density at radius 2 is 2.35 bits per heavy atom. The molecular weight excluding hydrogens is 280 g/mol. The molecule has 92 valence electrons. The predicted molar refractivity (Wildman–Crippen MR) is 71.4 cm³/mol. The Bertz CT molecular complexity index is 409. The molecule has 1 unspecified atom stereocenters. The lowest BCUT2D eigenvalue weighted by Crippen LogP contribution is -2.09. The highest BCUT2D eigenvalue weighted by Gasteiger charge is 2.18. The third kappa shape index (κ3) is 3.17. The van der Waals surface area contributed by atoms with Crippen molar-refractivity contribution < 1.29 is 9.53 Å². The third-order valence-corrected chi connectivity index (χ3v) is 4.26. The van der Waals surface area contributed by atoms with Gasteiger partial charge >= 0.3 is 0 Å². The molecule has 1 aliphatic rings. The minimum atomic E-state index is 0.205. The van der Waals surface area contributed by atoms with E-state index in [2.05, 4.69) is 15.9 Å². The van der Waals surface area contributed by atoms with Gasteiger partial charge in [-0.3, -0.25) is 4.79 Å². The van der Waals surface area contributed by atoms with Crippen molar-refractivity contribution in [3.8, 4) is 0 Å². The molecule has 0 amide bonds. The second kappa shape index (κ2) is 5.78. The molecule has 0 saturated carbocycles. The molecule has 1 aromatic rings. The molecule has 0 radical (unpaired) electrons. The number of ether oxygens (including phenoxy) is 1. The van der Waals surface area contributed by atoms with E-state index in [0.29, 0.717) is 12.5 Å². The number of hydrogen-bond donors (Lipinski definition) is 0. The van der Waals surface area contributed by atoms with Gasteiger partial charge in [0.15, 0.2) is 5.78 Å². The van der Waals surface area contributed by atoms with Gasteiger partial charge in [0, 0.05) is 23.1 Å². The average molecular weight is 297 g/mol. The topological polar surface area (TPSA) is 26.3 Å². The van der Waals surface area contributed by atoms with Gasteiger partial charge < -0.3 is 4.74 Å². The zero-order valence-corrected chi connectivity index (χ0v) is 11.6. The van der Waals surface area contributed by atoms with Gasteiger partial charge in [0.05, 0.1) is 6.10 Å². The minimum absolute atomic E-state index is 0.205. The molecule has 17 heavy (non-hydrogen) atoms. The number of carbonyl (C=O) groups is 1. The van der Waals surface area contributed by atoms with Gasteiger partial charge in [-0.05, 0) is 47.7 Å². The molecule has 0 bridgehead atoms. The second-order valence-electron chi connectivity index (χ2n) is 4.53. The summed E-state index contributed by atoms with van der Waals surface area (Å²) in [5.41, 5.74) is 1.90. The number of ketones is 1. The van der Waals surface area contributed by atoms with Gasteiger partial charge in [0.2, 0.25) is 0 Å². The average Bonchev–Trinajstić information content (AvgIpc) is 2.82. The summed E-state index contributed by atoms with van der Waals surface area (Å²) in [6.07, 6.45) is 3.95. The summed E-state index contributed by atoms with van der Waals surface area (Å²) in [7, 11) is 0. The standard InChI is InChI=1S/C14H17BrO2/c1-10-4-2-6-12(14(10)15)13(16)8-7-11-5-3-9-17-11/h2,4,6,11H,3,5,7-9H2,1H3. The van der Waals surface area contributed by atoms with Crippen LogP contribution in [0.5, 0.6) is 0 Å². The zero-order chi connectivity index (χ0) is 12.3. The van der Waals surface area contributed by atoms with Crippen molar-refractivity contribution in [1.82, 2.24) is 0 Å². The minimum Gasteiger partial charge on any atom is -0.378 e. The lowest BCUT2D eigenvalue weighted by Gasteiger charge is -2.09. The number of carbonyl (C=O) groups excluding carboxylic acids is 1. The molecule has 1 fully saturated rings. The van der Waals surface area contributed by atoms with Crippen LogP contribution in [0.2, 0.25) is 0 Å². The molecule has 0 N–H and O–H groups in total. The first-order chi connectivity index (χ1) is 8.18. The first kappa shape index (κ1) is 12.8. The highest BCUT2D eigenvalue weighted by atomic mass is 79.9. The largest absolute Gasteiger partial charge is 0.378 e. The molecule has 0 aliphatic carbocycles. The van der Waals surface area contributed by atoms with Gasteiger partial charge in [0.25, 0.3) is 0 Å². The van der Waals surface area contributed by atoms with E-state index >= 15 is 0 Å². The van der Waals surface area contributed by atoms with E-state index in [1.165, 1.54) is 0 Å². The lowest BCUT2D eigenvalue weighted by molar-refractivity contribution is 0.0859. The van der Waals surface area contributed by atoms with Crippen molar-refractivity contribution in [3.05, 3.63) is 33.8 Å². The van der Waals surface area contributed by atoms with Gasteiger partial charge in [-0.1, -0.05) is 18.2 Å². The third-order valence-electron chi connectivity index (χ3n) is 3.21. The summed E-state index contributed by atoms with van der Waals surface area (Å²) in [6, 6.07) is 5.81. The predicted octanol–water partition coefficient (Wildman–Crippen LogP) is 3.90. The Morgan fingerprint density at radius 1 is 1.53 bits per heavy atom. The summed E-state index contributed by atoms with van der Waals surface area (Å²) >= 11 is 3.48. The van der Waals surface area contributed by atoms with Crippen molar-refractivity contribution in [2.75, 3.05) is 6.61 Å². The van der Waals surface area contributed by atoms with Crippen molar-refractivity contribution in [2.24, 2.45) is 0 Å². The summed E-state index contributed by atoms with van der Waals surface area (Å²) in [5, 5.41) is 0. The molecular formula is C14H17BrO2. The van der Waals surface area contributed by atoms with E-state index in [1.54, 1.807) is 0 Å². The molecule has 1 aliphatic heterocycles.